The highest BCUT2D eigenvalue weighted by molar-refractivity contribution is 14.1. The minimum Gasteiger partial charge on any atom is -0.304 e. The number of carbonyl (C=O) groups excluding carboxylic acids is 1. The predicted octanol–water partition coefficient (Wildman–Crippen LogP) is 5.12. The molecule has 3 heteroatoms. The number of para-hydroxylation sites is 1. The first kappa shape index (κ1) is 16.5. The molecule has 1 aromatic rings. The van der Waals surface area contributed by atoms with Crippen molar-refractivity contribution in [2.75, 3.05) is 9.33 Å². The molecule has 0 radical (unpaired) electrons. The second kappa shape index (κ2) is 7.97. The summed E-state index contributed by atoms with van der Waals surface area (Å²) in [5.74, 6) is 0.236. The van der Waals surface area contributed by atoms with E-state index in [1.165, 1.54) is 5.57 Å². The maximum absolute atomic E-state index is 13.0. The summed E-state index contributed by atoms with van der Waals surface area (Å²) in [5, 5.41) is 0. The van der Waals surface area contributed by atoms with Crippen LogP contribution in [0.25, 0.3) is 0 Å². The molecule has 0 aliphatic carbocycles. The van der Waals surface area contributed by atoms with Gasteiger partial charge in [-0.15, -0.1) is 0 Å². The molecule has 1 heterocycles. The van der Waals surface area contributed by atoms with Gasteiger partial charge in [-0.25, -0.2) is 0 Å². The van der Waals surface area contributed by atoms with E-state index in [-0.39, 0.29) is 5.91 Å². The van der Waals surface area contributed by atoms with Crippen molar-refractivity contribution < 1.29 is 4.79 Å². The van der Waals surface area contributed by atoms with Crippen molar-refractivity contribution in [1.29, 1.82) is 0 Å². The standard InChI is InChI=1S/C18H24INO/c1-3-8-14-12-16(13-19)20(15-10-6-5-7-11-15)18(21)17(14)9-4-2/h5-7,10-11,16H,3-4,8-9,12-13H2,1-2H3. The normalized spacial score (nSPS) is 19.3. The fourth-order valence-corrected chi connectivity index (χ4v) is 3.80. The van der Waals surface area contributed by atoms with Crippen molar-refractivity contribution in [3.63, 3.8) is 0 Å². The molecule has 1 aliphatic rings. The Kier molecular flexibility index (Phi) is 6.27. The van der Waals surface area contributed by atoms with Gasteiger partial charge in [-0.1, -0.05) is 73.1 Å². The topological polar surface area (TPSA) is 20.3 Å². The van der Waals surface area contributed by atoms with E-state index in [0.29, 0.717) is 6.04 Å². The number of alkyl halides is 1. The molecule has 21 heavy (non-hydrogen) atoms. The van der Waals surface area contributed by atoms with E-state index in [1.807, 2.05) is 35.2 Å². The first-order chi connectivity index (χ1) is 10.2. The third kappa shape index (κ3) is 3.68. The van der Waals surface area contributed by atoms with E-state index in [4.69, 9.17) is 0 Å². The molecule has 0 saturated carbocycles. The van der Waals surface area contributed by atoms with Gasteiger partial charge in [-0.3, -0.25) is 4.79 Å². The highest BCUT2D eigenvalue weighted by Crippen LogP contribution is 2.34. The minimum atomic E-state index is 0.236. The maximum Gasteiger partial charge on any atom is 0.254 e. The van der Waals surface area contributed by atoms with Crippen LogP contribution in [0, 0.1) is 0 Å². The van der Waals surface area contributed by atoms with E-state index >= 15 is 0 Å². The van der Waals surface area contributed by atoms with Crippen LogP contribution in [0.5, 0.6) is 0 Å². The van der Waals surface area contributed by atoms with Crippen molar-refractivity contribution in [1.82, 2.24) is 0 Å². The lowest BCUT2D eigenvalue weighted by atomic mass is 9.88. The number of hydrogen-bond donors (Lipinski definition) is 0. The predicted molar refractivity (Wildman–Crippen MR) is 98.1 cm³/mol. The van der Waals surface area contributed by atoms with Gasteiger partial charge in [0.25, 0.3) is 5.91 Å². The SMILES string of the molecule is CCCC1=C(CCC)C(=O)N(c2ccccc2)C(CI)C1. The minimum absolute atomic E-state index is 0.236. The fourth-order valence-electron chi connectivity index (χ4n) is 3.09. The first-order valence-corrected chi connectivity index (χ1v) is 9.40. The van der Waals surface area contributed by atoms with Crippen LogP contribution in [0.4, 0.5) is 5.69 Å². The first-order valence-electron chi connectivity index (χ1n) is 7.88. The van der Waals surface area contributed by atoms with Crippen molar-refractivity contribution in [2.24, 2.45) is 0 Å². The Bertz CT molecular complexity index is 509. The second-order valence-electron chi connectivity index (χ2n) is 5.61. The van der Waals surface area contributed by atoms with Crippen LogP contribution >= 0.6 is 22.6 Å². The Labute approximate surface area is 141 Å². The molecule has 0 N–H and O–H groups in total. The molecule has 1 amide bonds. The zero-order chi connectivity index (χ0) is 15.2. The monoisotopic (exact) mass is 397 g/mol. The van der Waals surface area contributed by atoms with Gasteiger partial charge in [0, 0.05) is 21.7 Å². The third-order valence-electron chi connectivity index (χ3n) is 4.02. The number of halogens is 1. The van der Waals surface area contributed by atoms with Gasteiger partial charge in [0.15, 0.2) is 0 Å². The van der Waals surface area contributed by atoms with Crippen molar-refractivity contribution in [3.05, 3.63) is 41.5 Å². The molecule has 0 aromatic heterocycles. The van der Waals surface area contributed by atoms with Crippen LogP contribution in [-0.4, -0.2) is 16.4 Å². The van der Waals surface area contributed by atoms with Gasteiger partial charge in [0.2, 0.25) is 0 Å². The summed E-state index contributed by atoms with van der Waals surface area (Å²) >= 11 is 2.41. The summed E-state index contributed by atoms with van der Waals surface area (Å²) in [4.78, 5) is 15.1. The number of amides is 1. The third-order valence-corrected chi connectivity index (χ3v) is 5.03. The Hall–Kier alpha value is -0.840. The molecule has 1 unspecified atom stereocenters. The summed E-state index contributed by atoms with van der Waals surface area (Å²) in [6, 6.07) is 10.4. The van der Waals surface area contributed by atoms with Gasteiger partial charge in [0.1, 0.15) is 0 Å². The Morgan fingerprint density at radius 3 is 2.38 bits per heavy atom. The fraction of sp³-hybridized carbons (Fsp3) is 0.500. The number of carbonyl (C=O) groups is 1. The zero-order valence-electron chi connectivity index (χ0n) is 12.9. The van der Waals surface area contributed by atoms with E-state index < -0.39 is 0 Å². The maximum atomic E-state index is 13.0. The summed E-state index contributed by atoms with van der Waals surface area (Å²) < 4.78 is 0.977. The second-order valence-corrected chi connectivity index (χ2v) is 6.49. The van der Waals surface area contributed by atoms with E-state index in [0.717, 1.165) is 47.8 Å². The van der Waals surface area contributed by atoms with Gasteiger partial charge in [0.05, 0.1) is 0 Å². The van der Waals surface area contributed by atoms with Gasteiger partial charge in [-0.05, 0) is 31.4 Å². The number of rotatable bonds is 6. The highest BCUT2D eigenvalue weighted by atomic mass is 127. The van der Waals surface area contributed by atoms with Gasteiger partial charge < -0.3 is 4.90 Å². The number of anilines is 1. The van der Waals surface area contributed by atoms with E-state index in [9.17, 15) is 4.79 Å². The molecule has 2 nitrogen and oxygen atoms in total. The largest absolute Gasteiger partial charge is 0.304 e. The molecule has 2 rings (SSSR count). The summed E-state index contributed by atoms with van der Waals surface area (Å²) in [6.45, 7) is 4.35. The number of hydrogen-bond acceptors (Lipinski definition) is 1. The Morgan fingerprint density at radius 2 is 1.81 bits per heavy atom. The number of nitrogens with zero attached hydrogens (tertiary/aromatic N) is 1. The van der Waals surface area contributed by atoms with Crippen LogP contribution < -0.4 is 4.90 Å². The van der Waals surface area contributed by atoms with Crippen LogP contribution in [-0.2, 0) is 4.79 Å². The summed E-state index contributed by atoms with van der Waals surface area (Å²) in [7, 11) is 0. The zero-order valence-corrected chi connectivity index (χ0v) is 15.1. The van der Waals surface area contributed by atoms with Crippen LogP contribution in [0.3, 0.4) is 0 Å². The highest BCUT2D eigenvalue weighted by Gasteiger charge is 2.33. The Morgan fingerprint density at radius 1 is 1.14 bits per heavy atom. The van der Waals surface area contributed by atoms with Crippen LogP contribution in [0.15, 0.2) is 41.5 Å². The van der Waals surface area contributed by atoms with E-state index in [2.05, 4.69) is 36.4 Å². The molecular weight excluding hydrogens is 373 g/mol. The van der Waals surface area contributed by atoms with Gasteiger partial charge >= 0.3 is 0 Å². The molecule has 0 bridgehead atoms. The average molecular weight is 397 g/mol. The summed E-state index contributed by atoms with van der Waals surface area (Å²) in [5.41, 5.74) is 3.51. The molecule has 0 fully saturated rings. The van der Waals surface area contributed by atoms with Crippen molar-refractivity contribution in [2.45, 2.75) is 52.0 Å². The lowest BCUT2D eigenvalue weighted by molar-refractivity contribution is -0.116. The molecule has 0 spiro atoms. The Balaban J connectivity index is 2.40. The van der Waals surface area contributed by atoms with Crippen molar-refractivity contribution >= 4 is 34.2 Å². The molecule has 1 aliphatic heterocycles. The van der Waals surface area contributed by atoms with E-state index in [1.54, 1.807) is 0 Å². The average Bonchev–Trinajstić information content (AvgIpc) is 2.51. The lowest BCUT2D eigenvalue weighted by Crippen LogP contribution is -2.46. The molecule has 0 saturated heterocycles. The smallest absolute Gasteiger partial charge is 0.254 e. The summed E-state index contributed by atoms with van der Waals surface area (Å²) in [6.07, 6.45) is 5.16. The molecule has 1 atom stereocenters. The quantitative estimate of drug-likeness (QED) is 0.482. The molecule has 114 valence electrons. The van der Waals surface area contributed by atoms with Crippen molar-refractivity contribution in [3.8, 4) is 0 Å². The molecule has 1 aromatic carbocycles. The number of benzene rings is 1. The van der Waals surface area contributed by atoms with Crippen LogP contribution in [0.2, 0.25) is 0 Å². The molecular formula is C18H24INO. The van der Waals surface area contributed by atoms with Gasteiger partial charge in [-0.2, -0.15) is 0 Å². The lowest BCUT2D eigenvalue weighted by Gasteiger charge is -2.37. The van der Waals surface area contributed by atoms with Crippen LogP contribution in [0.1, 0.15) is 46.0 Å².